The van der Waals surface area contributed by atoms with E-state index >= 15 is 0 Å². The van der Waals surface area contributed by atoms with Crippen molar-refractivity contribution in [1.29, 1.82) is 0 Å². The predicted octanol–water partition coefficient (Wildman–Crippen LogP) is 2.67. The summed E-state index contributed by atoms with van der Waals surface area (Å²) in [6.45, 7) is 9.96. The highest BCUT2D eigenvalue weighted by atomic mass is 16.4. The third-order valence-corrected chi connectivity index (χ3v) is 4.54. The molecule has 2 amide bonds. The summed E-state index contributed by atoms with van der Waals surface area (Å²) in [6.07, 6.45) is 1.63. The summed E-state index contributed by atoms with van der Waals surface area (Å²) in [4.78, 5) is 38.1. The molecular formula is C17H30N2O4. The first kappa shape index (κ1) is 19.5. The standard InChI is InChI=1S/C17H30N2O4/c1-6-8-12(20)13-11(7-2)9-10-19(13)15(21)14(17(3,4)5)18-16(22)23/h11,13-14,18H,6-10H2,1-5H3,(H,22,23)/t11-,13+,14-/m1/s1. The summed E-state index contributed by atoms with van der Waals surface area (Å²) < 4.78 is 0. The second kappa shape index (κ2) is 7.79. The molecule has 132 valence electrons. The lowest BCUT2D eigenvalue weighted by molar-refractivity contribution is -0.142. The second-order valence-electron chi connectivity index (χ2n) is 7.40. The van der Waals surface area contributed by atoms with E-state index in [1.54, 1.807) is 4.90 Å². The summed E-state index contributed by atoms with van der Waals surface area (Å²) in [5, 5.41) is 11.4. The Bertz CT molecular complexity index is 456. The molecule has 0 aromatic rings. The van der Waals surface area contributed by atoms with Crippen molar-refractivity contribution in [3.63, 3.8) is 0 Å². The molecule has 0 spiro atoms. The number of hydrogen-bond acceptors (Lipinski definition) is 3. The number of carboxylic acid groups (broad SMARTS) is 1. The van der Waals surface area contributed by atoms with Crippen LogP contribution >= 0.6 is 0 Å². The number of rotatable bonds is 6. The number of nitrogens with one attached hydrogen (secondary N) is 1. The van der Waals surface area contributed by atoms with Gasteiger partial charge >= 0.3 is 6.09 Å². The van der Waals surface area contributed by atoms with Gasteiger partial charge in [-0.05, 0) is 24.2 Å². The van der Waals surface area contributed by atoms with Crippen LogP contribution < -0.4 is 5.32 Å². The van der Waals surface area contributed by atoms with Crippen molar-refractivity contribution < 1.29 is 19.5 Å². The number of amides is 2. The number of nitrogens with zero attached hydrogens (tertiary/aromatic N) is 1. The van der Waals surface area contributed by atoms with Gasteiger partial charge in [-0.1, -0.05) is 41.0 Å². The summed E-state index contributed by atoms with van der Waals surface area (Å²) >= 11 is 0. The molecule has 1 aliphatic heterocycles. The van der Waals surface area contributed by atoms with Crippen molar-refractivity contribution >= 4 is 17.8 Å². The Morgan fingerprint density at radius 3 is 2.30 bits per heavy atom. The molecule has 1 heterocycles. The highest BCUT2D eigenvalue weighted by Gasteiger charge is 2.44. The SMILES string of the molecule is CCCC(=O)[C@@H]1[C@H](CC)CCN1C(=O)[C@@H](NC(=O)O)C(C)(C)C. The zero-order valence-electron chi connectivity index (χ0n) is 14.9. The summed E-state index contributed by atoms with van der Waals surface area (Å²) in [5.41, 5.74) is -0.557. The van der Waals surface area contributed by atoms with Crippen molar-refractivity contribution in [1.82, 2.24) is 10.2 Å². The van der Waals surface area contributed by atoms with E-state index in [1.165, 1.54) is 0 Å². The molecular weight excluding hydrogens is 296 g/mol. The quantitative estimate of drug-likeness (QED) is 0.785. The molecule has 0 radical (unpaired) electrons. The number of ketones is 1. The van der Waals surface area contributed by atoms with Crippen molar-refractivity contribution in [2.75, 3.05) is 6.54 Å². The first-order valence-corrected chi connectivity index (χ1v) is 8.46. The first-order valence-electron chi connectivity index (χ1n) is 8.46. The van der Waals surface area contributed by atoms with E-state index in [0.717, 1.165) is 19.3 Å². The Kier molecular flexibility index (Phi) is 6.59. The molecule has 1 rings (SSSR count). The number of Topliss-reactive ketones (excluding diaryl/α,β-unsaturated/α-hetero) is 1. The Labute approximate surface area is 138 Å². The van der Waals surface area contributed by atoms with Gasteiger partial charge in [0.05, 0.1) is 6.04 Å². The minimum absolute atomic E-state index is 0.0909. The molecule has 0 aromatic heterocycles. The van der Waals surface area contributed by atoms with Gasteiger partial charge in [0, 0.05) is 13.0 Å². The lowest BCUT2D eigenvalue weighted by atomic mass is 9.85. The molecule has 0 aromatic carbocycles. The molecule has 0 aliphatic carbocycles. The van der Waals surface area contributed by atoms with Gasteiger partial charge in [0.1, 0.15) is 6.04 Å². The fourth-order valence-electron chi connectivity index (χ4n) is 3.30. The lowest BCUT2D eigenvalue weighted by Crippen LogP contribution is -2.57. The summed E-state index contributed by atoms with van der Waals surface area (Å²) in [7, 11) is 0. The van der Waals surface area contributed by atoms with Crippen molar-refractivity contribution in [3.8, 4) is 0 Å². The van der Waals surface area contributed by atoms with Crippen LogP contribution in [0.3, 0.4) is 0 Å². The van der Waals surface area contributed by atoms with Gasteiger partial charge in [0.15, 0.2) is 5.78 Å². The Morgan fingerprint density at radius 2 is 1.87 bits per heavy atom. The van der Waals surface area contributed by atoms with Crippen molar-refractivity contribution in [2.45, 2.75) is 72.4 Å². The van der Waals surface area contributed by atoms with E-state index in [9.17, 15) is 14.4 Å². The van der Waals surface area contributed by atoms with Gasteiger partial charge in [0.2, 0.25) is 5.91 Å². The average molecular weight is 326 g/mol. The molecule has 0 unspecified atom stereocenters. The van der Waals surface area contributed by atoms with Gasteiger partial charge in [-0.25, -0.2) is 4.79 Å². The normalized spacial score (nSPS) is 22.7. The highest BCUT2D eigenvalue weighted by molar-refractivity contribution is 5.93. The maximum absolute atomic E-state index is 13.0. The molecule has 2 N–H and O–H groups in total. The molecule has 6 nitrogen and oxygen atoms in total. The minimum atomic E-state index is -1.22. The van der Waals surface area contributed by atoms with Crippen LogP contribution in [0.2, 0.25) is 0 Å². The molecule has 1 saturated heterocycles. The molecule has 3 atom stereocenters. The van der Waals surface area contributed by atoms with Crippen LogP contribution in [0, 0.1) is 11.3 Å². The molecule has 23 heavy (non-hydrogen) atoms. The zero-order valence-corrected chi connectivity index (χ0v) is 14.9. The van der Waals surface area contributed by atoms with Crippen molar-refractivity contribution in [2.24, 2.45) is 11.3 Å². The number of carbonyl (C=O) groups excluding carboxylic acids is 2. The number of carbonyl (C=O) groups is 3. The van der Waals surface area contributed by atoms with Crippen LogP contribution in [0.15, 0.2) is 0 Å². The van der Waals surface area contributed by atoms with Crippen LogP contribution in [-0.2, 0) is 9.59 Å². The van der Waals surface area contributed by atoms with E-state index in [2.05, 4.69) is 5.32 Å². The molecule has 1 aliphatic rings. The van der Waals surface area contributed by atoms with Gasteiger partial charge in [0.25, 0.3) is 0 Å². The smallest absolute Gasteiger partial charge is 0.405 e. The zero-order chi connectivity index (χ0) is 17.8. The summed E-state index contributed by atoms with van der Waals surface area (Å²) in [5.74, 6) is -0.0260. The maximum Gasteiger partial charge on any atom is 0.405 e. The van der Waals surface area contributed by atoms with Crippen LogP contribution in [-0.4, -0.2) is 46.4 Å². The van der Waals surface area contributed by atoms with Gasteiger partial charge in [-0.3, -0.25) is 9.59 Å². The first-order chi connectivity index (χ1) is 10.6. The van der Waals surface area contributed by atoms with Crippen LogP contribution in [0.25, 0.3) is 0 Å². The van der Waals surface area contributed by atoms with Crippen LogP contribution in [0.5, 0.6) is 0 Å². The van der Waals surface area contributed by atoms with E-state index in [1.807, 2.05) is 34.6 Å². The fourth-order valence-corrected chi connectivity index (χ4v) is 3.30. The fraction of sp³-hybridized carbons (Fsp3) is 0.824. The Balaban J connectivity index is 3.06. The summed E-state index contributed by atoms with van der Waals surface area (Å²) in [6, 6.07) is -1.26. The second-order valence-corrected chi connectivity index (χ2v) is 7.40. The van der Waals surface area contributed by atoms with Gasteiger partial charge < -0.3 is 15.3 Å². The highest BCUT2D eigenvalue weighted by Crippen LogP contribution is 2.31. The van der Waals surface area contributed by atoms with E-state index in [-0.39, 0.29) is 17.6 Å². The molecule has 0 saturated carbocycles. The van der Waals surface area contributed by atoms with E-state index < -0.39 is 23.6 Å². The maximum atomic E-state index is 13.0. The Hall–Kier alpha value is -1.59. The number of likely N-dealkylation sites (tertiary alicyclic amines) is 1. The van der Waals surface area contributed by atoms with Crippen molar-refractivity contribution in [3.05, 3.63) is 0 Å². The lowest BCUT2D eigenvalue weighted by Gasteiger charge is -2.35. The molecule has 0 bridgehead atoms. The third kappa shape index (κ3) is 4.69. The van der Waals surface area contributed by atoms with Gasteiger partial charge in [-0.2, -0.15) is 0 Å². The molecule has 1 fully saturated rings. The molecule has 6 heteroatoms. The average Bonchev–Trinajstić information content (AvgIpc) is 2.86. The van der Waals surface area contributed by atoms with E-state index in [0.29, 0.717) is 13.0 Å². The Morgan fingerprint density at radius 1 is 1.26 bits per heavy atom. The van der Waals surface area contributed by atoms with Crippen LogP contribution in [0.1, 0.15) is 60.3 Å². The monoisotopic (exact) mass is 326 g/mol. The largest absolute Gasteiger partial charge is 0.465 e. The topological polar surface area (TPSA) is 86.7 Å². The van der Waals surface area contributed by atoms with Gasteiger partial charge in [-0.15, -0.1) is 0 Å². The minimum Gasteiger partial charge on any atom is -0.465 e. The van der Waals surface area contributed by atoms with Crippen LogP contribution in [0.4, 0.5) is 4.79 Å². The number of hydrogen-bond donors (Lipinski definition) is 2. The third-order valence-electron chi connectivity index (χ3n) is 4.54. The predicted molar refractivity (Wildman–Crippen MR) is 88.2 cm³/mol. The van der Waals surface area contributed by atoms with E-state index in [4.69, 9.17) is 5.11 Å².